The van der Waals surface area contributed by atoms with Crippen LogP contribution in [0.3, 0.4) is 0 Å². The summed E-state index contributed by atoms with van der Waals surface area (Å²) in [4.78, 5) is 28.5. The largest absolute Gasteiger partial charge is 0.465 e. The number of rotatable bonds is 8. The Morgan fingerprint density at radius 2 is 1.11 bits per heavy atom. The molecule has 1 spiro atoms. The molecule has 9 rings (SSSR count). The molecule has 8 nitrogen and oxygen atoms in total. The fourth-order valence-corrected chi connectivity index (χ4v) is 14.7. The highest BCUT2D eigenvalue weighted by molar-refractivity contribution is 5.77. The molecule has 7 aliphatic carbocycles. The van der Waals surface area contributed by atoms with Gasteiger partial charge < -0.3 is 28.4 Å². The molecule has 0 aromatic carbocycles. The lowest BCUT2D eigenvalue weighted by Gasteiger charge is -2.55. The summed E-state index contributed by atoms with van der Waals surface area (Å²) in [5, 5.41) is 0. The molecule has 0 aromatic heterocycles. The maximum atomic E-state index is 14.6. The Morgan fingerprint density at radius 3 is 1.76 bits per heavy atom. The number of ether oxygens (including phenoxy) is 6. The first kappa shape index (κ1) is 46.3. The Balaban J connectivity index is 0.884. The van der Waals surface area contributed by atoms with Crippen molar-refractivity contribution in [3.05, 3.63) is 0 Å². The molecule has 2 saturated heterocycles. The van der Waals surface area contributed by atoms with E-state index in [1.165, 1.54) is 25.7 Å². The molecule has 9 aliphatic rings. The van der Waals surface area contributed by atoms with E-state index in [-0.39, 0.29) is 75.3 Å². The number of hydrogen-bond donors (Lipinski definition) is 0. The van der Waals surface area contributed by atoms with E-state index < -0.39 is 102 Å². The van der Waals surface area contributed by atoms with Gasteiger partial charge in [-0.15, -0.1) is 0 Å². The molecule has 9 atom stereocenters. The van der Waals surface area contributed by atoms with E-state index in [9.17, 15) is 44.7 Å². The Hall–Kier alpha value is -1.78. The second-order valence-corrected chi connectivity index (χ2v) is 22.4. The minimum absolute atomic E-state index is 0.0108. The molecule has 358 valence electrons. The summed E-state index contributed by atoms with van der Waals surface area (Å²) in [6.45, 7) is -1.20. The van der Waals surface area contributed by atoms with E-state index >= 15 is 0 Å². The van der Waals surface area contributed by atoms with Gasteiger partial charge in [-0.3, -0.25) is 9.59 Å². The normalized spacial score (nSPS) is 44.1. The molecule has 9 fully saturated rings. The number of fused-ring (bicyclic) bond motifs is 7. The van der Waals surface area contributed by atoms with Gasteiger partial charge >= 0.3 is 35.6 Å². The minimum atomic E-state index is -4.40. The van der Waals surface area contributed by atoms with E-state index in [0.29, 0.717) is 56.8 Å². The average molecular weight is 911 g/mol. The smallest absolute Gasteiger partial charge is 0.335 e. The number of esters is 2. The highest BCUT2D eigenvalue weighted by atomic mass is 19.3. The molecule has 9 unspecified atom stereocenters. The van der Waals surface area contributed by atoms with Crippen LogP contribution in [0, 0.1) is 69.5 Å². The summed E-state index contributed by atoms with van der Waals surface area (Å²) in [5.41, 5.74) is -2.81. The van der Waals surface area contributed by atoms with Gasteiger partial charge in [0, 0.05) is 24.7 Å². The zero-order valence-corrected chi connectivity index (χ0v) is 36.5. The molecule has 6 bridgehead atoms. The molecule has 0 radical (unpaired) electrons. The first-order valence-corrected chi connectivity index (χ1v) is 24.0. The van der Waals surface area contributed by atoms with Gasteiger partial charge in [0.05, 0.1) is 30.0 Å². The third-order valence-electron chi connectivity index (χ3n) is 18.1. The van der Waals surface area contributed by atoms with Gasteiger partial charge in [-0.2, -0.15) is 35.1 Å². The van der Waals surface area contributed by atoms with E-state index in [1.54, 1.807) is 0 Å². The third kappa shape index (κ3) is 8.93. The first-order valence-electron chi connectivity index (χ1n) is 24.0. The van der Waals surface area contributed by atoms with Gasteiger partial charge in [0.1, 0.15) is 26.4 Å². The van der Waals surface area contributed by atoms with Crippen LogP contribution >= 0.6 is 0 Å². The molecule has 7 saturated carbocycles. The van der Waals surface area contributed by atoms with Crippen molar-refractivity contribution in [2.75, 3.05) is 39.6 Å². The topological polar surface area (TPSA) is 89.5 Å². The zero-order valence-electron chi connectivity index (χ0n) is 36.5. The third-order valence-corrected chi connectivity index (χ3v) is 18.1. The van der Waals surface area contributed by atoms with Crippen molar-refractivity contribution < 1.29 is 73.1 Å². The van der Waals surface area contributed by atoms with Gasteiger partial charge in [-0.05, 0) is 124 Å². The highest BCUT2D eigenvalue weighted by Crippen LogP contribution is 2.63. The lowest BCUT2D eigenvalue weighted by molar-refractivity contribution is -0.272. The molecule has 2 heterocycles. The Labute approximate surface area is 365 Å². The summed E-state index contributed by atoms with van der Waals surface area (Å²) >= 11 is 0. The van der Waals surface area contributed by atoms with Crippen LogP contribution < -0.4 is 0 Å². The van der Waals surface area contributed by atoms with Crippen molar-refractivity contribution in [3.63, 3.8) is 0 Å². The van der Waals surface area contributed by atoms with E-state index in [1.807, 2.05) is 6.92 Å². The van der Waals surface area contributed by atoms with Gasteiger partial charge in [-0.1, -0.05) is 39.0 Å². The summed E-state index contributed by atoms with van der Waals surface area (Å²) in [5.74, 6) is -17.6. The molecular weight excluding hydrogens is 844 g/mol. The van der Waals surface area contributed by atoms with Crippen LogP contribution in [0.25, 0.3) is 0 Å². The fourth-order valence-electron chi connectivity index (χ4n) is 14.7. The van der Waals surface area contributed by atoms with Crippen molar-refractivity contribution >= 4 is 11.9 Å². The van der Waals surface area contributed by atoms with Gasteiger partial charge in [0.25, 0.3) is 0 Å². The van der Waals surface area contributed by atoms with Crippen LogP contribution in [-0.4, -0.2) is 87.9 Å². The van der Waals surface area contributed by atoms with Crippen LogP contribution in [0.2, 0.25) is 0 Å². The lowest BCUT2D eigenvalue weighted by Crippen LogP contribution is -2.53. The Kier molecular flexibility index (Phi) is 12.6. The average Bonchev–Trinajstić information content (AvgIpc) is 3.41. The molecule has 0 aromatic rings. The quantitative estimate of drug-likeness (QED) is 0.176. The van der Waals surface area contributed by atoms with Crippen molar-refractivity contribution in [2.45, 2.75) is 172 Å². The number of carbonyl (C=O) groups is 2. The summed E-state index contributed by atoms with van der Waals surface area (Å²) < 4.78 is 151. The second-order valence-electron chi connectivity index (χ2n) is 22.4. The van der Waals surface area contributed by atoms with Gasteiger partial charge in [-0.25, -0.2) is 0 Å². The van der Waals surface area contributed by atoms with Crippen LogP contribution in [0.4, 0.5) is 35.1 Å². The van der Waals surface area contributed by atoms with E-state index in [4.69, 9.17) is 28.4 Å². The van der Waals surface area contributed by atoms with Crippen molar-refractivity contribution in [2.24, 2.45) is 69.5 Å². The van der Waals surface area contributed by atoms with E-state index in [2.05, 4.69) is 0 Å². The maximum Gasteiger partial charge on any atom is 0.335 e. The number of alkyl halides is 8. The van der Waals surface area contributed by atoms with E-state index in [0.717, 1.165) is 25.7 Å². The van der Waals surface area contributed by atoms with Crippen LogP contribution in [0.5, 0.6) is 0 Å². The monoisotopic (exact) mass is 910 g/mol. The summed E-state index contributed by atoms with van der Waals surface area (Å²) in [6, 6.07) is 0. The van der Waals surface area contributed by atoms with Crippen molar-refractivity contribution in [1.29, 1.82) is 0 Å². The summed E-state index contributed by atoms with van der Waals surface area (Å²) in [6.07, 6.45) is 8.65. The van der Waals surface area contributed by atoms with Crippen LogP contribution in [0.15, 0.2) is 0 Å². The lowest BCUT2D eigenvalue weighted by atomic mass is 9.50. The molecule has 63 heavy (non-hydrogen) atoms. The van der Waals surface area contributed by atoms with Gasteiger partial charge in [0.2, 0.25) is 0 Å². The maximum absolute atomic E-state index is 14.6. The molecule has 16 heteroatoms. The minimum Gasteiger partial charge on any atom is -0.465 e. The number of halogens is 8. The molecular formula is C47H66F8O8. The van der Waals surface area contributed by atoms with Crippen LogP contribution in [0.1, 0.15) is 135 Å². The van der Waals surface area contributed by atoms with Crippen molar-refractivity contribution in [3.8, 4) is 0 Å². The molecule has 0 N–H and O–H groups in total. The van der Waals surface area contributed by atoms with Crippen molar-refractivity contribution in [1.82, 2.24) is 0 Å². The Morgan fingerprint density at radius 1 is 0.540 bits per heavy atom. The molecule has 2 aliphatic heterocycles. The number of carbonyl (C=O) groups excluding carboxylic acids is 2. The predicted octanol–water partition coefficient (Wildman–Crippen LogP) is 10.8. The van der Waals surface area contributed by atoms with Gasteiger partial charge in [0.15, 0.2) is 12.6 Å². The highest BCUT2D eigenvalue weighted by Gasteiger charge is 2.63. The van der Waals surface area contributed by atoms with Crippen LogP contribution in [-0.2, 0) is 38.0 Å². The number of hydrogen-bond acceptors (Lipinski definition) is 8. The predicted molar refractivity (Wildman–Crippen MR) is 210 cm³/mol. The molecule has 0 amide bonds. The Bertz CT molecular complexity index is 1620. The zero-order chi connectivity index (χ0) is 44.6. The fraction of sp³-hybridized carbons (Fsp3) is 0.957. The second kappa shape index (κ2) is 17.1. The summed E-state index contributed by atoms with van der Waals surface area (Å²) in [7, 11) is 0. The first-order chi connectivity index (χ1) is 29.7. The standard InChI is InChI=1S/C47H66F8O8/c1-28-12-32-17-33(19-36(18-32)43(28)8-10-44(48,49)45(50,51)11-9-43)37(56)58-22-41(23-59-38(60-24-41)34-14-29-4-2-5-30(13-29)15-34)25-63-40(57)42-7-3-6-31(20-42)16-35(21-42)39-61-26-46(52,53)47(54,55)27-62-39/h28-36,38-39H,2-27H2,1H3. The SMILES string of the molecule is CC1CC2CC(C(=O)OCC3(COC(=O)C45CCCC(CC(C6OCC(F)(F)C(F)(F)CO6)C4)C5)COC(C4CC5CCCC(C5)C4)OC3)CC(C2)C12CCC(F)(F)C(F)(F)CC2.